The number of carbonyl (C=O) groups is 2. The summed E-state index contributed by atoms with van der Waals surface area (Å²) in [4.78, 5) is 29.9. The third-order valence-corrected chi connectivity index (χ3v) is 6.99. The summed E-state index contributed by atoms with van der Waals surface area (Å²) >= 11 is 0. The van der Waals surface area contributed by atoms with E-state index >= 15 is 0 Å². The minimum Gasteiger partial charge on any atom is -0.507 e. The first-order valence-electron chi connectivity index (χ1n) is 12.4. The van der Waals surface area contributed by atoms with Gasteiger partial charge in [-0.1, -0.05) is 54.6 Å². The highest BCUT2D eigenvalue weighted by Crippen LogP contribution is 2.44. The molecule has 1 amide bonds. The number of rotatable bonds is 6. The topological polar surface area (TPSA) is 60.9 Å². The molecule has 0 bridgehead atoms. The van der Waals surface area contributed by atoms with Gasteiger partial charge in [-0.2, -0.15) is 0 Å². The van der Waals surface area contributed by atoms with E-state index in [4.69, 9.17) is 0 Å². The molecule has 1 aliphatic heterocycles. The lowest BCUT2D eigenvalue weighted by Crippen LogP contribution is -2.30. The average Bonchev–Trinajstić information content (AvgIpc) is 3.20. The molecule has 0 spiro atoms. The quantitative estimate of drug-likeness (QED) is 0.180. The molecule has 0 saturated carbocycles. The van der Waals surface area contributed by atoms with Crippen molar-refractivity contribution in [3.63, 3.8) is 0 Å². The first-order chi connectivity index (χ1) is 18.3. The van der Waals surface area contributed by atoms with Gasteiger partial charge in [0.15, 0.2) is 0 Å². The number of Topliss-reactive ketones (excluding diaryl/α,β-unsaturated/α-hetero) is 1. The molecule has 1 saturated heterocycles. The summed E-state index contributed by atoms with van der Waals surface area (Å²) in [5.41, 5.74) is 1.21. The van der Waals surface area contributed by atoms with Crippen LogP contribution < -0.4 is 9.80 Å². The molecule has 1 heterocycles. The fourth-order valence-corrected chi connectivity index (χ4v) is 5.10. The molecule has 5 rings (SSSR count). The Morgan fingerprint density at radius 3 is 2.29 bits per heavy atom. The molecule has 0 radical (unpaired) electrons. The summed E-state index contributed by atoms with van der Waals surface area (Å²) < 4.78 is 29.2. The molecule has 1 atom stereocenters. The second-order valence-electron chi connectivity index (χ2n) is 9.06. The van der Waals surface area contributed by atoms with E-state index in [0.717, 1.165) is 47.3 Å². The normalized spacial score (nSPS) is 16.8. The van der Waals surface area contributed by atoms with E-state index in [1.165, 1.54) is 0 Å². The van der Waals surface area contributed by atoms with Gasteiger partial charge >= 0.3 is 0 Å². The van der Waals surface area contributed by atoms with Crippen LogP contribution in [0.15, 0.2) is 90.5 Å². The lowest BCUT2D eigenvalue weighted by Gasteiger charge is -2.27. The molecule has 1 fully saturated rings. The van der Waals surface area contributed by atoms with E-state index in [9.17, 15) is 23.5 Å². The van der Waals surface area contributed by atoms with E-state index in [0.29, 0.717) is 16.5 Å². The minimum atomic E-state index is -1.17. The molecule has 1 unspecified atom stereocenters. The van der Waals surface area contributed by atoms with Crippen molar-refractivity contribution in [2.75, 3.05) is 22.9 Å². The van der Waals surface area contributed by atoms with Crippen LogP contribution in [-0.4, -0.2) is 29.9 Å². The van der Waals surface area contributed by atoms with E-state index in [1.807, 2.05) is 50.2 Å². The maximum absolute atomic E-state index is 15.0. The fraction of sp³-hybridized carbons (Fsp3) is 0.161. The zero-order chi connectivity index (χ0) is 27.0. The zero-order valence-electron chi connectivity index (χ0n) is 21.0. The maximum atomic E-state index is 15.0. The third kappa shape index (κ3) is 4.20. The number of aliphatic hydroxyl groups is 1. The van der Waals surface area contributed by atoms with Crippen molar-refractivity contribution in [1.82, 2.24) is 0 Å². The Kier molecular flexibility index (Phi) is 6.68. The van der Waals surface area contributed by atoms with Gasteiger partial charge in [-0.25, -0.2) is 8.78 Å². The summed E-state index contributed by atoms with van der Waals surface area (Å²) in [7, 11) is 0. The molecular formula is C31H26F2N2O3. The predicted octanol–water partition coefficient (Wildman–Crippen LogP) is 6.59. The number of aliphatic hydroxyl groups excluding tert-OH is 1. The van der Waals surface area contributed by atoms with Crippen molar-refractivity contribution < 1.29 is 23.5 Å². The Hall–Kier alpha value is -4.52. The number of nitrogens with zero attached hydrogens (tertiary/aromatic N) is 2. The van der Waals surface area contributed by atoms with Crippen LogP contribution in [0.25, 0.3) is 16.5 Å². The van der Waals surface area contributed by atoms with Crippen LogP contribution in [0.2, 0.25) is 0 Å². The van der Waals surface area contributed by atoms with Crippen molar-refractivity contribution in [3.05, 3.63) is 113 Å². The van der Waals surface area contributed by atoms with Gasteiger partial charge in [-0.3, -0.25) is 14.5 Å². The van der Waals surface area contributed by atoms with Crippen LogP contribution in [0.3, 0.4) is 0 Å². The second kappa shape index (κ2) is 10.1. The highest BCUT2D eigenvalue weighted by molar-refractivity contribution is 6.51. The van der Waals surface area contributed by atoms with Crippen LogP contribution in [0, 0.1) is 11.6 Å². The zero-order valence-corrected chi connectivity index (χ0v) is 21.0. The van der Waals surface area contributed by atoms with Crippen LogP contribution >= 0.6 is 0 Å². The molecule has 4 aromatic carbocycles. The van der Waals surface area contributed by atoms with Crippen molar-refractivity contribution in [2.24, 2.45) is 0 Å². The van der Waals surface area contributed by atoms with Crippen molar-refractivity contribution in [3.8, 4) is 0 Å². The van der Waals surface area contributed by atoms with Crippen molar-refractivity contribution in [1.29, 1.82) is 0 Å². The van der Waals surface area contributed by atoms with Crippen LogP contribution in [0.1, 0.15) is 31.0 Å². The molecule has 4 aromatic rings. The Labute approximate surface area is 219 Å². The summed E-state index contributed by atoms with van der Waals surface area (Å²) in [6, 6.07) is 21.4. The van der Waals surface area contributed by atoms with Gasteiger partial charge < -0.3 is 10.0 Å². The molecule has 192 valence electrons. The van der Waals surface area contributed by atoms with Gasteiger partial charge in [0.1, 0.15) is 17.4 Å². The molecular weight excluding hydrogens is 486 g/mol. The van der Waals surface area contributed by atoms with E-state index in [-0.39, 0.29) is 17.0 Å². The number of hydrogen-bond donors (Lipinski definition) is 1. The number of hydrogen-bond acceptors (Lipinski definition) is 4. The average molecular weight is 513 g/mol. The fourth-order valence-electron chi connectivity index (χ4n) is 5.10. The van der Waals surface area contributed by atoms with Gasteiger partial charge in [0.05, 0.1) is 17.3 Å². The highest BCUT2D eigenvalue weighted by atomic mass is 19.1. The lowest BCUT2D eigenvalue weighted by molar-refractivity contribution is -0.132. The van der Waals surface area contributed by atoms with Gasteiger partial charge in [0.25, 0.3) is 11.7 Å². The smallest absolute Gasteiger partial charge is 0.300 e. The monoisotopic (exact) mass is 512 g/mol. The standard InChI is InChI=1S/C31H26F2N2O3/c1-3-34(4-2)22-15-12-20(13-16-22)28-27(29(36)24-11-7-9-19-8-5-6-10-23(19)24)30(37)31(38)35(28)26-18-21(32)14-17-25(26)33/h5-18,28,36H,3-4H2,1-2H3/b29-27-. The third-order valence-electron chi connectivity index (χ3n) is 6.99. The second-order valence-corrected chi connectivity index (χ2v) is 9.06. The van der Waals surface area contributed by atoms with Crippen molar-refractivity contribution >= 4 is 39.6 Å². The Balaban J connectivity index is 1.75. The molecule has 38 heavy (non-hydrogen) atoms. The summed E-state index contributed by atoms with van der Waals surface area (Å²) in [6.45, 7) is 5.63. The van der Waals surface area contributed by atoms with Gasteiger partial charge in [0, 0.05) is 30.4 Å². The summed E-state index contributed by atoms with van der Waals surface area (Å²) in [5, 5.41) is 13.1. The van der Waals surface area contributed by atoms with Gasteiger partial charge in [-0.15, -0.1) is 0 Å². The van der Waals surface area contributed by atoms with Crippen molar-refractivity contribution in [2.45, 2.75) is 19.9 Å². The molecule has 7 heteroatoms. The number of fused-ring (bicyclic) bond motifs is 1. The van der Waals surface area contributed by atoms with Crippen LogP contribution in [0.5, 0.6) is 0 Å². The molecule has 1 aliphatic rings. The molecule has 0 aliphatic carbocycles. The number of carbonyl (C=O) groups excluding carboxylic acids is 2. The number of ketones is 1. The Morgan fingerprint density at radius 2 is 1.58 bits per heavy atom. The van der Waals surface area contributed by atoms with Gasteiger partial charge in [0.2, 0.25) is 0 Å². The van der Waals surface area contributed by atoms with E-state index in [2.05, 4.69) is 4.90 Å². The largest absolute Gasteiger partial charge is 0.507 e. The first kappa shape index (κ1) is 25.1. The summed E-state index contributed by atoms with van der Waals surface area (Å²) in [5.74, 6) is -4.01. The Bertz CT molecular complexity index is 1570. The minimum absolute atomic E-state index is 0.189. The number of amides is 1. The Morgan fingerprint density at radius 1 is 0.895 bits per heavy atom. The number of halogens is 2. The van der Waals surface area contributed by atoms with Crippen LogP contribution in [-0.2, 0) is 9.59 Å². The van der Waals surface area contributed by atoms with Crippen LogP contribution in [0.4, 0.5) is 20.2 Å². The number of benzene rings is 4. The number of anilines is 2. The lowest BCUT2D eigenvalue weighted by atomic mass is 9.93. The molecule has 0 aromatic heterocycles. The predicted molar refractivity (Wildman–Crippen MR) is 145 cm³/mol. The van der Waals surface area contributed by atoms with E-state index < -0.39 is 29.4 Å². The highest BCUT2D eigenvalue weighted by Gasteiger charge is 2.48. The van der Waals surface area contributed by atoms with Gasteiger partial charge in [-0.05, 0) is 54.4 Å². The molecule has 5 nitrogen and oxygen atoms in total. The summed E-state index contributed by atoms with van der Waals surface area (Å²) in [6.07, 6.45) is 0. The SMILES string of the molecule is CCN(CC)c1ccc(C2/C(=C(/O)c3cccc4ccccc34)C(=O)C(=O)N2c2cc(F)ccc2F)cc1. The first-order valence-corrected chi connectivity index (χ1v) is 12.4. The maximum Gasteiger partial charge on any atom is 0.300 e. The van der Waals surface area contributed by atoms with E-state index in [1.54, 1.807) is 30.3 Å². The molecule has 1 N–H and O–H groups in total.